The number of carbonyl (C=O) groups excluding carboxylic acids is 7. The Labute approximate surface area is 803 Å². The Hall–Kier alpha value is -7.70. The van der Waals surface area contributed by atoms with Crippen molar-refractivity contribution >= 4 is 141 Å². The lowest BCUT2D eigenvalue weighted by Crippen LogP contribution is -2.55. The second-order valence-corrected chi connectivity index (χ2v) is 70.1. The molecule has 38 heteroatoms. The second kappa shape index (κ2) is 43.3. The molecule has 0 aromatic carbocycles. The molecule has 6 aromatic heterocycles. The fourth-order valence-corrected chi connectivity index (χ4v) is 20.5. The van der Waals surface area contributed by atoms with E-state index in [1.54, 1.807) is 138 Å². The topological polar surface area (TPSA) is 321 Å². The molecule has 10 heterocycles. The van der Waals surface area contributed by atoms with Crippen molar-refractivity contribution in [2.45, 2.75) is 362 Å². The maximum Gasteiger partial charge on any atom is 0.437 e. The normalized spacial score (nSPS) is 18.1. The molecular formula is C94H151Br2N15O17Si4. The van der Waals surface area contributed by atoms with Crippen molar-refractivity contribution in [1.29, 1.82) is 0 Å². The number of aromatic nitrogens is 8. The van der Waals surface area contributed by atoms with Gasteiger partial charge in [0.1, 0.15) is 72.9 Å². The molecule has 4 aliphatic heterocycles. The van der Waals surface area contributed by atoms with Crippen LogP contribution >= 0.6 is 31.9 Å². The van der Waals surface area contributed by atoms with Crippen molar-refractivity contribution < 1.29 is 80.9 Å². The van der Waals surface area contributed by atoms with E-state index in [-0.39, 0.29) is 99.7 Å². The molecular weight excluding hydrogens is 1880 g/mol. The van der Waals surface area contributed by atoms with E-state index in [0.29, 0.717) is 78.1 Å². The van der Waals surface area contributed by atoms with Gasteiger partial charge in [-0.05, 0) is 256 Å². The summed E-state index contributed by atoms with van der Waals surface area (Å²) in [5.74, 6) is 0.360. The fourth-order valence-electron chi connectivity index (χ4n) is 15.8. The van der Waals surface area contributed by atoms with E-state index in [9.17, 15) is 33.6 Å². The first kappa shape index (κ1) is 108. The van der Waals surface area contributed by atoms with Crippen LogP contribution in [0.3, 0.4) is 0 Å². The highest BCUT2D eigenvalue weighted by Gasteiger charge is 2.49. The van der Waals surface area contributed by atoms with Gasteiger partial charge in [-0.25, -0.2) is 43.9 Å². The molecule has 6 amide bonds. The van der Waals surface area contributed by atoms with Crippen molar-refractivity contribution in [2.75, 3.05) is 79.6 Å². The molecule has 132 heavy (non-hydrogen) atoms. The van der Waals surface area contributed by atoms with Crippen LogP contribution in [-0.2, 0) is 57.0 Å². The number of hydrazine groups is 1. The van der Waals surface area contributed by atoms with Crippen LogP contribution in [0.1, 0.15) is 213 Å². The zero-order valence-corrected chi connectivity index (χ0v) is 91.7. The molecule has 0 spiro atoms. The summed E-state index contributed by atoms with van der Waals surface area (Å²) in [7, 11) is -5.51. The Morgan fingerprint density at radius 3 is 1.04 bits per heavy atom. The van der Waals surface area contributed by atoms with E-state index in [1.807, 2.05) is 61.9 Å². The molecule has 734 valence electrons. The summed E-state index contributed by atoms with van der Waals surface area (Å²) in [6.45, 7) is 64.8. The lowest BCUT2D eigenvalue weighted by Gasteiger charge is -2.39. The minimum atomic E-state index is -1.39. The SMILES string of the molecule is CC(C)(C)OC(=O)CN(C(=O)OC(C)(C)C)c1ccc(-c2cnn3c(N(COCC[Si](C)(C)C)COCC[Si](C)(C)C)c(Br)c(C4C[C@H]5CC[C@@H](C4)N5C(=O)OC(C)(C)C)nc23)cn1.CCC(=O)N(C(=O)OC(C)(C)C)N(C(=O)OC(C)(C)C)c1ccc(-c2cnn3c(N(COCC[Si](C)(C)C)COCC[Si](C)(C)C)c(Br)c(C4C[C@H]5CC[C@@H](C4)N5C(=O)OC(C)(C)C)nc23)cn1. The van der Waals surface area contributed by atoms with E-state index in [2.05, 4.69) is 125 Å². The highest BCUT2D eigenvalue weighted by atomic mass is 79.9. The van der Waals surface area contributed by atoms with Gasteiger partial charge in [0.05, 0.1) is 32.7 Å². The molecule has 2 unspecified atom stereocenters. The van der Waals surface area contributed by atoms with Gasteiger partial charge in [-0.15, -0.1) is 5.01 Å². The first-order chi connectivity index (χ1) is 60.8. The third-order valence-corrected chi connectivity index (χ3v) is 30.3. The van der Waals surface area contributed by atoms with E-state index in [1.165, 1.54) is 4.90 Å². The second-order valence-electron chi connectivity index (χ2n) is 46.0. The first-order valence-electron chi connectivity index (χ1n) is 46.6. The maximum absolute atomic E-state index is 13.9. The average Bonchev–Trinajstić information content (AvgIpc) is 1.60. The number of ether oxygens (including phenoxy) is 10. The zero-order valence-electron chi connectivity index (χ0n) is 84.5. The fraction of sp³-hybridized carbons (Fsp3) is 0.691. The predicted octanol–water partition coefficient (Wildman–Crippen LogP) is 22.2. The van der Waals surface area contributed by atoms with Gasteiger partial charge in [0.15, 0.2) is 28.7 Å². The quantitative estimate of drug-likeness (QED) is 0.00974. The van der Waals surface area contributed by atoms with Gasteiger partial charge in [0.25, 0.3) is 5.91 Å². The maximum atomic E-state index is 13.9. The molecule has 4 bridgehead atoms. The van der Waals surface area contributed by atoms with Crippen LogP contribution in [0.25, 0.3) is 33.5 Å². The van der Waals surface area contributed by atoms with Gasteiger partial charge < -0.3 is 67.0 Å². The van der Waals surface area contributed by atoms with Gasteiger partial charge in [0.2, 0.25) is 0 Å². The number of nitrogens with zero attached hydrogens (tertiary/aromatic N) is 15. The highest BCUT2D eigenvalue weighted by molar-refractivity contribution is 9.11. The van der Waals surface area contributed by atoms with Crippen molar-refractivity contribution in [1.82, 2.24) is 54.0 Å². The Morgan fingerprint density at radius 2 is 0.735 bits per heavy atom. The van der Waals surface area contributed by atoms with Crippen LogP contribution in [0.15, 0.2) is 58.0 Å². The van der Waals surface area contributed by atoms with Crippen molar-refractivity contribution in [2.24, 2.45) is 0 Å². The van der Waals surface area contributed by atoms with Crippen LogP contribution < -0.4 is 19.7 Å². The van der Waals surface area contributed by atoms with Crippen molar-refractivity contribution in [3.63, 3.8) is 0 Å². The number of rotatable bonds is 31. The molecule has 32 nitrogen and oxygen atoms in total. The standard InChI is InChI=1S/C48H77BrN8O9Si2.C46H74BrN7O8Si2/c1-17-38(58)57(45(61)66-48(8,9)10)56(44(60)65-47(5,6)7)37-21-18-32(28-50-37)36-29-51-55-41(36)52-40(33-26-34-19-20-35(27-33)54(34)43(59)64-46(2,3)4)39(49)42(55)53(30-62-22-24-67(11,12)13)31-63-23-25-68(14,15)16;1-44(2,3)60-37(55)28-52(42(56)61-45(4,5)6)36-19-16-31(26-48-36)35-27-49-54-40(35)50-39(32-24-33-17-18-34(25-32)53(33)43(57)62-46(7,8)9)38(47)41(54)51(29-58-20-22-63(10,11)12)30-59-21-23-64(13,14)15/h18,21,28-29,33-35H,17,19-20,22-27,30-31H2,1-16H3;16,19,26-27,32-34H,17-18,20-25,28-30H2,1-15H3/t33?,34-,35+;32?,33-,34+. The number of carbonyl (C=O) groups is 7. The number of hydrogen-bond donors (Lipinski definition) is 0. The summed E-state index contributed by atoms with van der Waals surface area (Å²) in [5, 5.41) is 11.4. The highest BCUT2D eigenvalue weighted by Crippen LogP contribution is 2.50. The summed E-state index contributed by atoms with van der Waals surface area (Å²) >= 11 is 8.11. The molecule has 0 N–H and O–H groups in total. The third kappa shape index (κ3) is 31.2. The number of piperidine rings is 2. The average molecular weight is 2040 g/mol. The third-order valence-electron chi connectivity index (χ3n) is 22.0. The zero-order chi connectivity index (χ0) is 98.3. The summed E-state index contributed by atoms with van der Waals surface area (Å²) in [6.07, 6.45) is 9.68. The lowest BCUT2D eigenvalue weighted by atomic mass is 9.88. The van der Waals surface area contributed by atoms with Crippen molar-refractivity contribution in [3.05, 3.63) is 69.4 Å². The van der Waals surface area contributed by atoms with Crippen LogP contribution in [-0.4, -0.2) is 246 Å². The molecule has 4 saturated heterocycles. The number of anilines is 4. The molecule has 0 aliphatic carbocycles. The molecule has 10 rings (SSSR count). The summed E-state index contributed by atoms with van der Waals surface area (Å²) < 4.78 is 65.3. The monoisotopic (exact) mass is 2030 g/mol. The summed E-state index contributed by atoms with van der Waals surface area (Å²) in [4.78, 5) is 124. The smallest absolute Gasteiger partial charge is 0.437 e. The minimum Gasteiger partial charge on any atom is -0.459 e. The summed E-state index contributed by atoms with van der Waals surface area (Å²) in [6, 6.07) is 10.9. The number of halogens is 2. The molecule has 6 aromatic rings. The van der Waals surface area contributed by atoms with Crippen LogP contribution in [0.2, 0.25) is 103 Å². The van der Waals surface area contributed by atoms with E-state index in [4.69, 9.17) is 72.5 Å². The number of imide groups is 1. The van der Waals surface area contributed by atoms with E-state index < -0.39 is 96.1 Å². The molecule has 4 fully saturated rings. The number of fused-ring (bicyclic) bond motifs is 6. The van der Waals surface area contributed by atoms with E-state index >= 15 is 0 Å². The van der Waals surface area contributed by atoms with Crippen LogP contribution in [0.5, 0.6) is 0 Å². The van der Waals surface area contributed by atoms with Gasteiger partial charge >= 0.3 is 36.4 Å². The Kier molecular flexibility index (Phi) is 35.4. The van der Waals surface area contributed by atoms with Crippen molar-refractivity contribution in [3.8, 4) is 22.3 Å². The molecule has 6 atom stereocenters. The van der Waals surface area contributed by atoms with Gasteiger partial charge in [-0.3, -0.25) is 14.5 Å². The number of pyridine rings is 2. The molecule has 0 radical (unpaired) electrons. The number of esters is 1. The Morgan fingerprint density at radius 1 is 0.417 bits per heavy atom. The van der Waals surface area contributed by atoms with Gasteiger partial charge in [-0.1, -0.05) is 85.5 Å². The Bertz CT molecular complexity index is 4910. The van der Waals surface area contributed by atoms with Crippen LogP contribution in [0.4, 0.5) is 47.2 Å². The largest absolute Gasteiger partial charge is 0.459 e. The lowest BCUT2D eigenvalue weighted by molar-refractivity contribution is -0.153. The number of amides is 6. The molecule has 0 saturated carbocycles. The summed E-state index contributed by atoms with van der Waals surface area (Å²) in [5.41, 5.74) is 0.814. The van der Waals surface area contributed by atoms with Gasteiger partial charge in [0, 0.05) is 136 Å². The predicted molar refractivity (Wildman–Crippen MR) is 534 cm³/mol. The van der Waals surface area contributed by atoms with E-state index in [0.717, 1.165) is 99.4 Å². The number of hydrogen-bond acceptors (Lipinski definition) is 25. The van der Waals surface area contributed by atoms with Crippen LogP contribution in [0, 0.1) is 0 Å². The molecule has 4 aliphatic rings. The Balaban J connectivity index is 0.000000297. The van der Waals surface area contributed by atoms with Gasteiger partial charge in [-0.2, -0.15) is 24.2 Å². The minimum absolute atomic E-state index is 0.0123. The first-order valence-corrected chi connectivity index (χ1v) is 63.0.